The maximum absolute atomic E-state index is 11.1. The highest BCUT2D eigenvalue weighted by Crippen LogP contribution is 1.98. The molecule has 0 saturated heterocycles. The largest absolute Gasteiger partial charge is 0.358 e. The van der Waals surface area contributed by atoms with E-state index in [1.54, 1.807) is 0 Å². The minimum atomic E-state index is -3.26. The highest BCUT2D eigenvalue weighted by molar-refractivity contribution is 7.88. The van der Waals surface area contributed by atoms with Crippen LogP contribution in [0.1, 0.15) is 13.3 Å². The number of nitrogens with one attached hydrogen (secondary N) is 1. The van der Waals surface area contributed by atoms with Crippen molar-refractivity contribution in [2.24, 2.45) is 0 Å². The molecule has 0 unspecified atom stereocenters. The second kappa shape index (κ2) is 5.18. The lowest BCUT2D eigenvalue weighted by Gasteiger charge is -2.17. The van der Waals surface area contributed by atoms with E-state index in [2.05, 4.69) is 5.32 Å². The van der Waals surface area contributed by atoms with Crippen molar-refractivity contribution >= 4 is 15.9 Å². The van der Waals surface area contributed by atoms with Crippen molar-refractivity contribution in [3.05, 3.63) is 0 Å². The van der Waals surface area contributed by atoms with Crippen molar-refractivity contribution < 1.29 is 13.2 Å². The molecule has 0 fully saturated rings. The van der Waals surface area contributed by atoms with Crippen LogP contribution in [-0.4, -0.2) is 45.0 Å². The summed E-state index contributed by atoms with van der Waals surface area (Å²) in [6.07, 6.45) is 1.80. The highest BCUT2D eigenvalue weighted by Gasteiger charge is 2.17. The number of hydrogen-bond donors (Lipinski definition) is 1. The number of rotatable bonds is 5. The van der Waals surface area contributed by atoms with Gasteiger partial charge in [-0.05, 0) is 6.42 Å². The number of amides is 1. The molecule has 0 aromatic carbocycles. The molecule has 1 amide bonds. The molecule has 6 heteroatoms. The van der Waals surface area contributed by atoms with Gasteiger partial charge in [0.05, 0.1) is 12.8 Å². The van der Waals surface area contributed by atoms with Gasteiger partial charge in [0.2, 0.25) is 15.9 Å². The van der Waals surface area contributed by atoms with Crippen LogP contribution >= 0.6 is 0 Å². The van der Waals surface area contributed by atoms with Crippen LogP contribution in [0.4, 0.5) is 0 Å². The van der Waals surface area contributed by atoms with Gasteiger partial charge in [0, 0.05) is 13.6 Å². The predicted molar refractivity (Wildman–Crippen MR) is 50.8 cm³/mol. The van der Waals surface area contributed by atoms with Crippen LogP contribution in [0, 0.1) is 0 Å². The van der Waals surface area contributed by atoms with Crippen molar-refractivity contribution in [2.75, 3.05) is 26.4 Å². The van der Waals surface area contributed by atoms with E-state index in [4.69, 9.17) is 0 Å². The fourth-order valence-electron chi connectivity index (χ4n) is 0.851. The van der Waals surface area contributed by atoms with Gasteiger partial charge < -0.3 is 5.32 Å². The van der Waals surface area contributed by atoms with E-state index in [1.807, 2.05) is 6.92 Å². The molecule has 5 nitrogen and oxygen atoms in total. The Bertz CT molecular complexity index is 261. The van der Waals surface area contributed by atoms with Gasteiger partial charge in [0.15, 0.2) is 0 Å². The summed E-state index contributed by atoms with van der Waals surface area (Å²) < 4.78 is 23.4. The van der Waals surface area contributed by atoms with E-state index in [0.29, 0.717) is 13.0 Å². The van der Waals surface area contributed by atoms with E-state index in [1.165, 1.54) is 7.05 Å². The third-order valence-electron chi connectivity index (χ3n) is 1.54. The molecule has 0 rings (SSSR count). The first-order valence-corrected chi connectivity index (χ1v) is 5.92. The molecule has 0 heterocycles. The van der Waals surface area contributed by atoms with Gasteiger partial charge in [-0.1, -0.05) is 6.92 Å². The quantitative estimate of drug-likeness (QED) is 0.656. The zero-order valence-corrected chi connectivity index (χ0v) is 9.02. The summed E-state index contributed by atoms with van der Waals surface area (Å²) in [6, 6.07) is 0. The Balaban J connectivity index is 4.36. The Morgan fingerprint density at radius 3 is 2.31 bits per heavy atom. The lowest BCUT2D eigenvalue weighted by atomic mass is 10.4. The first-order valence-electron chi connectivity index (χ1n) is 4.07. The Morgan fingerprint density at radius 1 is 1.46 bits per heavy atom. The lowest BCUT2D eigenvalue weighted by Crippen LogP contribution is -2.39. The third kappa shape index (κ3) is 4.84. The SMILES string of the molecule is CCCN(CC(=O)NC)S(C)(=O)=O. The van der Waals surface area contributed by atoms with Crippen molar-refractivity contribution in [2.45, 2.75) is 13.3 Å². The molecule has 0 aliphatic carbocycles. The highest BCUT2D eigenvalue weighted by atomic mass is 32.2. The average molecular weight is 208 g/mol. The van der Waals surface area contributed by atoms with Crippen LogP contribution in [-0.2, 0) is 14.8 Å². The smallest absolute Gasteiger partial charge is 0.235 e. The van der Waals surface area contributed by atoms with Gasteiger partial charge in [-0.15, -0.1) is 0 Å². The zero-order chi connectivity index (χ0) is 10.5. The molecule has 0 radical (unpaired) electrons. The third-order valence-corrected chi connectivity index (χ3v) is 2.79. The molecule has 0 saturated carbocycles. The van der Waals surface area contributed by atoms with Crippen LogP contribution in [0.2, 0.25) is 0 Å². The Labute approximate surface area is 79.2 Å². The Kier molecular flexibility index (Phi) is 4.94. The lowest BCUT2D eigenvalue weighted by molar-refractivity contribution is -0.120. The molecule has 0 aliphatic heterocycles. The molecule has 1 N–H and O–H groups in total. The fourth-order valence-corrected chi connectivity index (χ4v) is 1.72. The van der Waals surface area contributed by atoms with Gasteiger partial charge in [0.1, 0.15) is 0 Å². The van der Waals surface area contributed by atoms with Crippen LogP contribution in [0.3, 0.4) is 0 Å². The summed E-state index contributed by atoms with van der Waals surface area (Å²) in [6.45, 7) is 2.15. The van der Waals surface area contributed by atoms with Crippen LogP contribution in [0.5, 0.6) is 0 Å². The van der Waals surface area contributed by atoms with E-state index < -0.39 is 10.0 Å². The number of sulfonamides is 1. The van der Waals surface area contributed by atoms with Gasteiger partial charge in [-0.3, -0.25) is 4.79 Å². The Hall–Kier alpha value is -0.620. The molecule has 13 heavy (non-hydrogen) atoms. The van der Waals surface area contributed by atoms with Crippen molar-refractivity contribution in [1.82, 2.24) is 9.62 Å². The van der Waals surface area contributed by atoms with Crippen LogP contribution < -0.4 is 5.32 Å². The number of hydrogen-bond acceptors (Lipinski definition) is 3. The molecular formula is C7H16N2O3S. The molecular weight excluding hydrogens is 192 g/mol. The van der Waals surface area contributed by atoms with Crippen LogP contribution in [0.15, 0.2) is 0 Å². The van der Waals surface area contributed by atoms with Crippen molar-refractivity contribution in [1.29, 1.82) is 0 Å². The summed E-state index contributed by atoms with van der Waals surface area (Å²) in [5.41, 5.74) is 0. The number of carbonyl (C=O) groups is 1. The predicted octanol–water partition coefficient (Wildman–Crippen LogP) is -0.596. The first kappa shape index (κ1) is 12.4. The number of likely N-dealkylation sites (N-methyl/N-ethyl adjacent to an activating group) is 1. The fraction of sp³-hybridized carbons (Fsp3) is 0.857. The minimum absolute atomic E-state index is 0.0941. The molecule has 0 aliphatic rings. The summed E-state index contributed by atoms with van der Waals surface area (Å²) in [7, 11) is -1.78. The van der Waals surface area contributed by atoms with Gasteiger partial charge >= 0.3 is 0 Å². The average Bonchev–Trinajstić information content (AvgIpc) is 2.01. The summed E-state index contributed by atoms with van der Waals surface area (Å²) in [5.74, 6) is -0.293. The van der Waals surface area contributed by atoms with Crippen molar-refractivity contribution in [3.8, 4) is 0 Å². The van der Waals surface area contributed by atoms with E-state index in [-0.39, 0.29) is 12.5 Å². The minimum Gasteiger partial charge on any atom is -0.358 e. The standard InChI is InChI=1S/C7H16N2O3S/c1-4-5-9(13(3,11)12)6-7(10)8-2/h4-6H2,1-3H3,(H,8,10). The molecule has 0 spiro atoms. The maximum atomic E-state index is 11.1. The van der Waals surface area contributed by atoms with Crippen molar-refractivity contribution in [3.63, 3.8) is 0 Å². The van der Waals surface area contributed by atoms with Gasteiger partial charge in [0.25, 0.3) is 0 Å². The van der Waals surface area contributed by atoms with Gasteiger partial charge in [-0.2, -0.15) is 4.31 Å². The summed E-state index contributed by atoms with van der Waals surface area (Å²) >= 11 is 0. The van der Waals surface area contributed by atoms with E-state index in [0.717, 1.165) is 10.6 Å². The number of nitrogens with zero attached hydrogens (tertiary/aromatic N) is 1. The van der Waals surface area contributed by atoms with E-state index in [9.17, 15) is 13.2 Å². The molecule has 78 valence electrons. The normalized spacial score (nSPS) is 11.7. The summed E-state index contributed by atoms with van der Waals surface area (Å²) in [4.78, 5) is 10.9. The topological polar surface area (TPSA) is 66.5 Å². The maximum Gasteiger partial charge on any atom is 0.235 e. The molecule has 0 bridgehead atoms. The monoisotopic (exact) mass is 208 g/mol. The second-order valence-electron chi connectivity index (χ2n) is 2.77. The Morgan fingerprint density at radius 2 is 2.00 bits per heavy atom. The first-order chi connectivity index (χ1) is 5.91. The zero-order valence-electron chi connectivity index (χ0n) is 8.20. The van der Waals surface area contributed by atoms with Gasteiger partial charge in [-0.25, -0.2) is 8.42 Å². The summed E-state index contributed by atoms with van der Waals surface area (Å²) in [5, 5.41) is 2.38. The molecule has 0 atom stereocenters. The second-order valence-corrected chi connectivity index (χ2v) is 4.75. The molecule has 0 aromatic rings. The molecule has 0 aromatic heterocycles. The van der Waals surface area contributed by atoms with Crippen LogP contribution in [0.25, 0.3) is 0 Å². The number of carbonyl (C=O) groups excluding carboxylic acids is 1. The van der Waals surface area contributed by atoms with E-state index >= 15 is 0 Å².